The third kappa shape index (κ3) is 5.81. The topological polar surface area (TPSA) is 66.9 Å². The van der Waals surface area contributed by atoms with Gasteiger partial charge in [-0.3, -0.25) is 4.79 Å². The van der Waals surface area contributed by atoms with Crippen molar-refractivity contribution in [3.63, 3.8) is 0 Å². The predicted octanol–water partition coefficient (Wildman–Crippen LogP) is 5.26. The number of carbonyl (C=O) groups is 1. The first-order valence-corrected chi connectivity index (χ1v) is 11.0. The van der Waals surface area contributed by atoms with Crippen molar-refractivity contribution in [2.24, 2.45) is 0 Å². The fourth-order valence-electron chi connectivity index (χ4n) is 2.75. The van der Waals surface area contributed by atoms with Crippen LogP contribution >= 0.6 is 23.1 Å². The van der Waals surface area contributed by atoms with Crippen molar-refractivity contribution in [3.05, 3.63) is 65.2 Å². The Morgan fingerprint density at radius 1 is 1.11 bits per heavy atom. The van der Waals surface area contributed by atoms with Gasteiger partial charge in [-0.25, -0.2) is 0 Å². The van der Waals surface area contributed by atoms with Gasteiger partial charge in [-0.05, 0) is 43.5 Å². The largest absolute Gasteiger partial charge is 0.349 e. The van der Waals surface area contributed by atoms with Crippen molar-refractivity contribution in [1.29, 1.82) is 0 Å². The molecule has 0 saturated heterocycles. The summed E-state index contributed by atoms with van der Waals surface area (Å²) in [5, 5.41) is 15.4. The highest BCUT2D eigenvalue weighted by Gasteiger charge is 2.14. The van der Waals surface area contributed by atoms with E-state index in [1.165, 1.54) is 34.2 Å². The number of hydrogen-bond acceptors (Lipinski definition) is 6. The second kappa shape index (κ2) is 9.71. The third-order valence-corrected chi connectivity index (χ3v) is 6.20. The zero-order valence-corrected chi connectivity index (χ0v) is 17.9. The number of nitrogens with one attached hydrogen (secondary N) is 2. The molecule has 0 saturated carbocycles. The van der Waals surface area contributed by atoms with E-state index in [0.717, 1.165) is 27.1 Å². The summed E-state index contributed by atoms with van der Waals surface area (Å²) in [6.07, 6.45) is 0.850. The number of thioether (sulfide) groups is 1. The average molecular weight is 413 g/mol. The molecule has 0 aliphatic rings. The lowest BCUT2D eigenvalue weighted by Crippen LogP contribution is -2.29. The van der Waals surface area contributed by atoms with E-state index >= 15 is 0 Å². The van der Waals surface area contributed by atoms with E-state index in [4.69, 9.17) is 0 Å². The van der Waals surface area contributed by atoms with Crippen molar-refractivity contribution in [3.8, 4) is 0 Å². The van der Waals surface area contributed by atoms with Gasteiger partial charge in [-0.15, -0.1) is 10.2 Å². The van der Waals surface area contributed by atoms with Crippen LogP contribution in [0.5, 0.6) is 0 Å². The normalized spacial score (nSPS) is 11.8. The van der Waals surface area contributed by atoms with Crippen LogP contribution in [0, 0.1) is 13.8 Å². The van der Waals surface area contributed by atoms with Gasteiger partial charge in [-0.2, -0.15) is 0 Å². The quantitative estimate of drug-likeness (QED) is 0.494. The molecule has 1 unspecified atom stereocenters. The third-order valence-electron chi connectivity index (χ3n) is 4.23. The summed E-state index contributed by atoms with van der Waals surface area (Å²) in [7, 11) is 0. The number of aromatic nitrogens is 2. The number of carbonyl (C=O) groups excluding carboxylic acids is 1. The molecule has 1 heterocycles. The molecule has 0 bridgehead atoms. The molecule has 0 aliphatic heterocycles. The highest BCUT2D eigenvalue weighted by molar-refractivity contribution is 8.01. The standard InChI is InChI=1S/C21H24N4OS2/c1-4-18(16-10-8-14(2)9-11-16)23-19(26)13-27-21-25-24-20(28-21)22-17-7-5-6-15(3)12-17/h5-12,18H,4,13H2,1-3H3,(H,22,24)(H,23,26). The summed E-state index contributed by atoms with van der Waals surface area (Å²) in [5.41, 5.74) is 4.51. The first-order valence-electron chi connectivity index (χ1n) is 9.19. The highest BCUT2D eigenvalue weighted by atomic mass is 32.2. The molecular weight excluding hydrogens is 388 g/mol. The number of benzene rings is 2. The van der Waals surface area contributed by atoms with E-state index in [1.54, 1.807) is 0 Å². The van der Waals surface area contributed by atoms with Crippen molar-refractivity contribution < 1.29 is 4.79 Å². The number of nitrogens with zero attached hydrogens (tertiary/aromatic N) is 2. The molecule has 0 aliphatic carbocycles. The van der Waals surface area contributed by atoms with Gasteiger partial charge in [-0.1, -0.05) is 72.0 Å². The Morgan fingerprint density at radius 3 is 2.61 bits per heavy atom. The molecule has 5 nitrogen and oxygen atoms in total. The number of rotatable bonds is 8. The van der Waals surface area contributed by atoms with Gasteiger partial charge in [0.15, 0.2) is 4.34 Å². The van der Waals surface area contributed by atoms with E-state index in [0.29, 0.717) is 5.75 Å². The predicted molar refractivity (Wildman–Crippen MR) is 117 cm³/mol. The first-order chi connectivity index (χ1) is 13.5. The van der Waals surface area contributed by atoms with Crippen LogP contribution in [0.1, 0.15) is 36.1 Å². The maximum Gasteiger partial charge on any atom is 0.230 e. The van der Waals surface area contributed by atoms with Gasteiger partial charge in [0.25, 0.3) is 0 Å². The van der Waals surface area contributed by atoms with Gasteiger partial charge in [0.05, 0.1) is 11.8 Å². The molecule has 1 aromatic heterocycles. The summed E-state index contributed by atoms with van der Waals surface area (Å²) in [6, 6.07) is 16.4. The van der Waals surface area contributed by atoms with Crippen LogP contribution in [-0.2, 0) is 4.79 Å². The monoisotopic (exact) mass is 412 g/mol. The molecule has 0 fully saturated rings. The molecule has 28 heavy (non-hydrogen) atoms. The van der Waals surface area contributed by atoms with Crippen molar-refractivity contribution in [2.75, 3.05) is 11.1 Å². The van der Waals surface area contributed by atoms with Crippen LogP contribution in [0.2, 0.25) is 0 Å². The molecule has 3 aromatic rings. The Labute approximate surface area is 174 Å². The van der Waals surface area contributed by atoms with Crippen LogP contribution < -0.4 is 10.6 Å². The summed E-state index contributed by atoms with van der Waals surface area (Å²) < 4.78 is 0.772. The Hall–Kier alpha value is -2.38. The van der Waals surface area contributed by atoms with E-state index < -0.39 is 0 Å². The summed E-state index contributed by atoms with van der Waals surface area (Å²) in [5.74, 6) is 0.322. The smallest absolute Gasteiger partial charge is 0.230 e. The molecule has 0 spiro atoms. The number of aryl methyl sites for hydroxylation is 2. The second-order valence-electron chi connectivity index (χ2n) is 6.60. The van der Waals surface area contributed by atoms with E-state index in [9.17, 15) is 4.79 Å². The zero-order chi connectivity index (χ0) is 19.9. The molecule has 7 heteroatoms. The average Bonchev–Trinajstić information content (AvgIpc) is 3.12. The summed E-state index contributed by atoms with van der Waals surface area (Å²) in [4.78, 5) is 12.4. The molecule has 146 valence electrons. The van der Waals surface area contributed by atoms with Crippen LogP contribution in [-0.4, -0.2) is 21.9 Å². The van der Waals surface area contributed by atoms with Crippen LogP contribution in [0.15, 0.2) is 52.9 Å². The van der Waals surface area contributed by atoms with Crippen LogP contribution in [0.3, 0.4) is 0 Å². The Kier molecular flexibility index (Phi) is 7.06. The SMILES string of the molecule is CCC(NC(=O)CSc1nnc(Nc2cccc(C)c2)s1)c1ccc(C)cc1. The Morgan fingerprint density at radius 2 is 1.89 bits per heavy atom. The number of hydrogen-bond donors (Lipinski definition) is 2. The lowest BCUT2D eigenvalue weighted by atomic mass is 10.0. The van der Waals surface area contributed by atoms with E-state index in [1.807, 2.05) is 25.1 Å². The minimum absolute atomic E-state index is 0.000758. The van der Waals surface area contributed by atoms with Gasteiger partial charge in [0.2, 0.25) is 11.0 Å². The fraction of sp³-hybridized carbons (Fsp3) is 0.286. The van der Waals surface area contributed by atoms with Gasteiger partial charge in [0, 0.05) is 5.69 Å². The van der Waals surface area contributed by atoms with Gasteiger partial charge in [0.1, 0.15) is 0 Å². The zero-order valence-electron chi connectivity index (χ0n) is 16.2. The lowest BCUT2D eigenvalue weighted by molar-refractivity contribution is -0.119. The molecule has 2 N–H and O–H groups in total. The van der Waals surface area contributed by atoms with Crippen molar-refractivity contribution in [2.45, 2.75) is 37.6 Å². The Balaban J connectivity index is 1.51. The molecular formula is C21H24N4OS2. The fourth-order valence-corrected chi connectivity index (χ4v) is 4.33. The summed E-state index contributed by atoms with van der Waals surface area (Å²) in [6.45, 7) is 6.18. The van der Waals surface area contributed by atoms with Gasteiger partial charge >= 0.3 is 0 Å². The maximum atomic E-state index is 12.4. The first kappa shape index (κ1) is 20.4. The lowest BCUT2D eigenvalue weighted by Gasteiger charge is -2.17. The molecule has 1 atom stereocenters. The minimum Gasteiger partial charge on any atom is -0.349 e. The molecule has 2 aromatic carbocycles. The van der Waals surface area contributed by atoms with Gasteiger partial charge < -0.3 is 10.6 Å². The van der Waals surface area contributed by atoms with Crippen LogP contribution in [0.4, 0.5) is 10.8 Å². The number of anilines is 2. The van der Waals surface area contributed by atoms with E-state index in [-0.39, 0.29) is 11.9 Å². The molecule has 0 radical (unpaired) electrons. The highest BCUT2D eigenvalue weighted by Crippen LogP contribution is 2.28. The van der Waals surface area contributed by atoms with Crippen molar-refractivity contribution >= 4 is 39.8 Å². The minimum atomic E-state index is 0.000758. The second-order valence-corrected chi connectivity index (χ2v) is 8.80. The van der Waals surface area contributed by atoms with E-state index in [2.05, 4.69) is 65.0 Å². The summed E-state index contributed by atoms with van der Waals surface area (Å²) >= 11 is 2.85. The van der Waals surface area contributed by atoms with Crippen molar-refractivity contribution in [1.82, 2.24) is 15.5 Å². The molecule has 3 rings (SSSR count). The maximum absolute atomic E-state index is 12.4. The Bertz CT molecular complexity index is 924. The van der Waals surface area contributed by atoms with Crippen LogP contribution in [0.25, 0.3) is 0 Å². The number of amides is 1. The molecule has 1 amide bonds.